The fourth-order valence-electron chi connectivity index (χ4n) is 6.39. The van der Waals surface area contributed by atoms with Crippen molar-refractivity contribution in [2.45, 2.75) is 155 Å². The maximum atomic E-state index is 11.6. The molecule has 6 unspecified atom stereocenters. The van der Waals surface area contributed by atoms with Crippen LogP contribution in [0.25, 0.3) is 0 Å². The van der Waals surface area contributed by atoms with E-state index in [1.807, 2.05) is 6.92 Å². The summed E-state index contributed by atoms with van der Waals surface area (Å²) in [6.45, 7) is 22.3. The molecule has 0 aliphatic carbocycles. The van der Waals surface area contributed by atoms with E-state index >= 15 is 0 Å². The average Bonchev–Trinajstić information content (AvgIpc) is 0.831. The first-order chi connectivity index (χ1) is 53.1. The third-order valence-electron chi connectivity index (χ3n) is 13.9. The number of rotatable bonds is 45. The highest BCUT2D eigenvalue weighted by Crippen LogP contribution is 2.26. The van der Waals surface area contributed by atoms with E-state index in [-0.39, 0.29) is 118 Å². The van der Waals surface area contributed by atoms with Gasteiger partial charge in [0.1, 0.15) is 89.9 Å². The van der Waals surface area contributed by atoms with Crippen LogP contribution in [-0.4, -0.2) is 308 Å². The van der Waals surface area contributed by atoms with Crippen molar-refractivity contribution >= 4 is 128 Å². The molecule has 0 aromatic heterocycles. The lowest BCUT2D eigenvalue weighted by Crippen LogP contribution is -2.44. The van der Waals surface area contributed by atoms with Crippen LogP contribution in [0.2, 0.25) is 0 Å². The van der Waals surface area contributed by atoms with Crippen LogP contribution in [0.4, 0.5) is 4.79 Å². The second-order valence-corrected chi connectivity index (χ2v) is 26.8. The second kappa shape index (κ2) is 73.2. The Hall–Kier alpha value is -6.48. The first kappa shape index (κ1) is 120. The van der Waals surface area contributed by atoms with Gasteiger partial charge in [-0.1, -0.05) is 6.92 Å². The average molecular weight is 1730 g/mol. The predicted octanol–water partition coefficient (Wildman–Crippen LogP) is 4.73. The van der Waals surface area contributed by atoms with Crippen LogP contribution < -0.4 is 0 Å². The molecular weight excluding hydrogens is 1590 g/mol. The molecule has 1 aliphatic rings. The molecule has 41 heteroatoms. The zero-order valence-electron chi connectivity index (χ0n) is 69.8. The molecule has 0 radical (unpaired) electrons. The van der Waals surface area contributed by atoms with Gasteiger partial charge in [-0.15, -0.1) is 34.8 Å². The minimum Gasteiger partial charge on any atom is -0.562 e. The molecule has 8 N–H and O–H groups in total. The number of aliphatic hydroxyl groups excluding tert-OH is 7. The zero-order chi connectivity index (χ0) is 90.4. The Kier molecular flexibility index (Phi) is 77.5. The van der Waals surface area contributed by atoms with Crippen LogP contribution in [0.5, 0.6) is 0 Å². The van der Waals surface area contributed by atoms with Crippen molar-refractivity contribution in [2.24, 2.45) is 37.9 Å². The van der Waals surface area contributed by atoms with Gasteiger partial charge in [0.05, 0.1) is 93.1 Å². The molecule has 0 amide bonds. The quantitative estimate of drug-likeness (QED) is 0.0134. The van der Waals surface area contributed by atoms with Gasteiger partial charge in [0.2, 0.25) is 0 Å². The van der Waals surface area contributed by atoms with Crippen LogP contribution in [0.1, 0.15) is 157 Å². The molecule has 6 atom stereocenters. The van der Waals surface area contributed by atoms with Gasteiger partial charge in [-0.3, -0.25) is 62.3 Å². The van der Waals surface area contributed by atoms with E-state index < -0.39 is 155 Å². The summed E-state index contributed by atoms with van der Waals surface area (Å²) < 4.78 is 78.1. The lowest BCUT2D eigenvalue weighted by atomic mass is 9.93. The van der Waals surface area contributed by atoms with E-state index in [2.05, 4.69) is 28.2 Å². The number of aliphatic hydroxyl groups is 7. The van der Waals surface area contributed by atoms with Gasteiger partial charge < -0.3 is 121 Å². The lowest BCUT2D eigenvalue weighted by molar-refractivity contribution is -0.167. The van der Waals surface area contributed by atoms with Crippen molar-refractivity contribution in [2.75, 3.05) is 184 Å². The SMILES string of the molecule is CC(=O)OCC(C)(CO)C(=O)OCCCCO.CC(=O)OCC(C)(CO)C(=O)OCCCCO.CC(=O)OCC(C)(CO)C(=O)OCCCCl.CC1(C(=O)OCCCCl)COC(=O)OC1.CCOC(=O)C(C)(CO)COC(C)=O.CCOC(=O)C(C)(CO)COC(C)=O.COCC(C)(COC)C(=O)O.C[PH-].[3H]C(Cl)C(=O)CCC. The third kappa shape index (κ3) is 63.4. The molecule has 1 fully saturated rings. The van der Waals surface area contributed by atoms with Crippen molar-refractivity contribution in [3.05, 3.63) is 0 Å². The number of esters is 11. The number of carbonyl (C=O) groups excluding carboxylic acids is 13. The van der Waals surface area contributed by atoms with Crippen molar-refractivity contribution in [3.8, 4) is 0 Å². The number of carbonyl (C=O) groups is 14. The molecule has 113 heavy (non-hydrogen) atoms. The standard InChI is InChI=1S/2C11H20O6.C10H17ClO5.C9H13ClO5.2C9H16O5.C7H14O4.C5H9ClO.CH4P/c2*1-9(14)17-8-11(2,7-13)10(15)16-6-4-3-5-12;1-8(13)16-7-10(2,6-12)9(14)15-5-3-4-11;1-9(5-14-8(12)15-6-9)7(11)13-4-2-3-10;2*1-4-13-8(12)9(3,5-10)6-14-7(2)11;1-7(4-10-2,5-11-3)6(8)9;1-2-3-5(7)4-6;1-2/h2*12-13H,3-8H2,1-2H3;12H,3-7H2,1-2H3;2-6H2,1H3;2*10H,4-6H2,1-3H3;4-5H2,1-3H3,(H,8,9);2-4H2,1H3;2H,1H3/q;;;;;;;;-1/i;;;;;;;4T;. The van der Waals surface area contributed by atoms with Crippen molar-refractivity contribution < 1.29 is 180 Å². The van der Waals surface area contributed by atoms with Gasteiger partial charge in [0, 0.05) is 80.2 Å². The molecule has 666 valence electrons. The lowest BCUT2D eigenvalue weighted by Gasteiger charge is -2.29. The van der Waals surface area contributed by atoms with Crippen LogP contribution in [0.3, 0.4) is 0 Å². The van der Waals surface area contributed by atoms with E-state index in [1.165, 1.54) is 83.5 Å². The van der Waals surface area contributed by atoms with Crippen molar-refractivity contribution in [3.63, 3.8) is 0 Å². The summed E-state index contributed by atoms with van der Waals surface area (Å²) in [6, 6.07) is 0. The smallest absolute Gasteiger partial charge is 0.508 e. The number of methoxy groups -OCH3 is 2. The number of hydrogen-bond acceptors (Lipinski definition) is 36. The van der Waals surface area contributed by atoms with Crippen molar-refractivity contribution in [1.82, 2.24) is 0 Å². The summed E-state index contributed by atoms with van der Waals surface area (Å²) in [6.07, 6.45) is 3.81. The molecule has 37 nitrogen and oxygen atoms in total. The highest BCUT2D eigenvalue weighted by Gasteiger charge is 2.43. The normalized spacial score (nSPS) is 14.3. The number of carboxylic acids is 1. The van der Waals surface area contributed by atoms with Crippen molar-refractivity contribution in [1.29, 1.82) is 0 Å². The second-order valence-electron chi connectivity index (χ2n) is 25.9. The predicted molar refractivity (Wildman–Crippen MR) is 409 cm³/mol. The molecule has 1 rings (SSSR count). The maximum absolute atomic E-state index is 11.6. The van der Waals surface area contributed by atoms with Gasteiger partial charge in [-0.05, 0) is 107 Å². The monoisotopic (exact) mass is 1720 g/mol. The molecule has 0 saturated carbocycles. The summed E-state index contributed by atoms with van der Waals surface area (Å²) >= 11 is 16.0. The number of halogens is 3. The van der Waals surface area contributed by atoms with E-state index in [9.17, 15) is 67.1 Å². The Morgan fingerprint density at radius 1 is 0.425 bits per heavy atom. The van der Waals surface area contributed by atoms with E-state index in [4.69, 9.17) is 129 Å². The van der Waals surface area contributed by atoms with Gasteiger partial charge in [0.15, 0.2) is 0 Å². The van der Waals surface area contributed by atoms with Gasteiger partial charge in [-0.25, -0.2) is 4.79 Å². The minimum absolute atomic E-state index is 0.00839. The summed E-state index contributed by atoms with van der Waals surface area (Å²) in [7, 11) is 5.91. The van der Waals surface area contributed by atoms with E-state index in [1.54, 1.807) is 34.4 Å². The summed E-state index contributed by atoms with van der Waals surface area (Å²) in [4.78, 5) is 154. The van der Waals surface area contributed by atoms with Gasteiger partial charge >= 0.3 is 77.8 Å². The minimum atomic E-state index is -1.23. The molecule has 0 aromatic carbocycles. The highest BCUT2D eigenvalue weighted by molar-refractivity contribution is 7.15. The van der Waals surface area contributed by atoms with Gasteiger partial charge in [0.25, 0.3) is 0 Å². The molecule has 0 aromatic rings. The molecule has 1 saturated heterocycles. The Morgan fingerprint density at radius 3 is 0.876 bits per heavy atom. The van der Waals surface area contributed by atoms with Gasteiger partial charge in [-0.2, -0.15) is 6.66 Å². The Labute approximate surface area is 682 Å². The number of aliphatic carboxylic acids is 1. The number of hydrogen-bond donors (Lipinski definition) is 8. The third-order valence-corrected chi connectivity index (χ3v) is 14.7. The topological polar surface area (TPSA) is 539 Å². The Balaban J connectivity index is -0.000000188. The first-order valence-electron chi connectivity index (χ1n) is 35.9. The summed E-state index contributed by atoms with van der Waals surface area (Å²) in [5.41, 5.74) is -7.83. The molecule has 1 aliphatic heterocycles. The van der Waals surface area contributed by atoms with E-state index in [0.29, 0.717) is 56.7 Å². The number of Topliss-reactive ketones (excluding diaryl/α,β-unsaturated/α-hetero) is 1. The van der Waals surface area contributed by atoms with Crippen LogP contribution in [-0.2, 0) is 133 Å². The number of carboxylic acid groups (broad SMARTS) is 1. The molecule has 1 heterocycles. The fourth-order valence-corrected chi connectivity index (χ4v) is 6.72. The molecule has 0 bridgehead atoms. The number of alkyl halides is 3. The Morgan fingerprint density at radius 2 is 0.681 bits per heavy atom. The number of cyclic esters (lactones) is 2. The fraction of sp³-hybridized carbons (Fsp3) is 0.806. The molecule has 0 spiro atoms. The zero-order valence-corrected chi connectivity index (χ0v) is 72.0. The summed E-state index contributed by atoms with van der Waals surface area (Å²) in [5, 5.41) is 71.2. The maximum Gasteiger partial charge on any atom is 0.508 e. The number of ether oxygens (including phenoxy) is 15. The number of ketones is 1. The molecular formula is C72H129Cl3O37P-. The largest absolute Gasteiger partial charge is 0.562 e. The Bertz CT molecular complexity index is 2590. The van der Waals surface area contributed by atoms with Crippen LogP contribution in [0, 0.1) is 37.9 Å². The highest BCUT2D eigenvalue weighted by atomic mass is 35.5. The van der Waals surface area contributed by atoms with E-state index in [0.717, 1.165) is 6.42 Å². The summed E-state index contributed by atoms with van der Waals surface area (Å²) in [5.74, 6) is -7.20. The van der Waals surface area contributed by atoms with Crippen LogP contribution in [0.15, 0.2) is 0 Å². The first-order valence-corrected chi connectivity index (χ1v) is 37.8. The number of unbranched alkanes of at least 4 members (excludes halogenated alkanes) is 2. The van der Waals surface area contributed by atoms with Crippen LogP contribution >= 0.6 is 44.0 Å².